The molecular formula is C17H13N4O3S+. The quantitative estimate of drug-likeness (QED) is 0.433. The van der Waals surface area contributed by atoms with E-state index >= 15 is 0 Å². The van der Waals surface area contributed by atoms with E-state index in [9.17, 15) is 9.59 Å². The van der Waals surface area contributed by atoms with Crippen LogP contribution in [0.5, 0.6) is 0 Å². The number of anilines is 1. The van der Waals surface area contributed by atoms with Crippen LogP contribution in [0.2, 0.25) is 0 Å². The molecule has 0 atom stereocenters. The van der Waals surface area contributed by atoms with Crippen molar-refractivity contribution in [1.29, 1.82) is 0 Å². The Bertz CT molecular complexity index is 1160. The third-order valence-corrected chi connectivity index (χ3v) is 4.93. The number of hydrogen-bond donors (Lipinski definition) is 2. The zero-order valence-electron chi connectivity index (χ0n) is 13.1. The summed E-state index contributed by atoms with van der Waals surface area (Å²) < 4.78 is 6.15. The second kappa shape index (κ2) is 5.67. The topological polar surface area (TPSA) is 106 Å². The van der Waals surface area contributed by atoms with Gasteiger partial charge in [0.25, 0.3) is 5.78 Å². The summed E-state index contributed by atoms with van der Waals surface area (Å²) >= 11 is 1.16. The summed E-state index contributed by atoms with van der Waals surface area (Å²) in [5.41, 5.74) is 6.99. The molecule has 0 saturated heterocycles. The fourth-order valence-corrected chi connectivity index (χ4v) is 3.67. The van der Waals surface area contributed by atoms with Crippen molar-refractivity contribution in [1.82, 2.24) is 10.3 Å². The first-order chi connectivity index (χ1) is 12.1. The first-order valence-corrected chi connectivity index (χ1v) is 8.27. The number of ketones is 1. The number of aromatic amines is 1. The lowest BCUT2D eigenvalue weighted by Gasteiger charge is -1.95. The lowest BCUT2D eigenvalue weighted by atomic mass is 10.2. The van der Waals surface area contributed by atoms with Crippen LogP contribution in [0.25, 0.3) is 15.9 Å². The molecule has 0 spiro atoms. The average molecular weight is 353 g/mol. The van der Waals surface area contributed by atoms with Crippen LogP contribution in [-0.2, 0) is 0 Å². The van der Waals surface area contributed by atoms with Gasteiger partial charge in [0.2, 0.25) is 5.69 Å². The second-order valence-electron chi connectivity index (χ2n) is 5.48. The summed E-state index contributed by atoms with van der Waals surface area (Å²) in [7, 11) is 0. The summed E-state index contributed by atoms with van der Waals surface area (Å²) in [6.07, 6.45) is 0. The monoisotopic (exact) mass is 353 g/mol. The predicted molar refractivity (Wildman–Crippen MR) is 93.1 cm³/mol. The molecule has 0 amide bonds. The van der Waals surface area contributed by atoms with Crippen molar-refractivity contribution in [2.24, 2.45) is 0 Å². The smallest absolute Gasteiger partial charge is 0.397 e. The molecular weight excluding hydrogens is 340 g/mol. The molecule has 0 bridgehead atoms. The summed E-state index contributed by atoms with van der Waals surface area (Å²) in [4.78, 5) is 30.4. The Hall–Kier alpha value is -3.26. The SMILES string of the molecule is Cc1ccc2c(N)c(C(=O)c3c(=O)o[nH][n+]3-c3ccccc3)sc2n1. The molecule has 0 aliphatic carbocycles. The van der Waals surface area contributed by atoms with E-state index in [1.165, 1.54) is 4.68 Å². The Labute approximate surface area is 145 Å². The largest absolute Gasteiger partial charge is 0.439 e. The van der Waals surface area contributed by atoms with Crippen LogP contribution in [-0.4, -0.2) is 16.0 Å². The number of hydrogen-bond acceptors (Lipinski definition) is 6. The van der Waals surface area contributed by atoms with Crippen LogP contribution in [0.15, 0.2) is 51.8 Å². The molecule has 124 valence electrons. The van der Waals surface area contributed by atoms with Gasteiger partial charge in [-0.25, -0.2) is 9.78 Å². The van der Waals surface area contributed by atoms with Gasteiger partial charge in [-0.1, -0.05) is 18.2 Å². The normalized spacial score (nSPS) is 11.1. The molecule has 0 saturated carbocycles. The van der Waals surface area contributed by atoms with Gasteiger partial charge in [-0.15, -0.1) is 11.3 Å². The van der Waals surface area contributed by atoms with Gasteiger partial charge in [0.15, 0.2) is 0 Å². The molecule has 0 aliphatic heterocycles. The number of carbonyl (C=O) groups is 1. The van der Waals surface area contributed by atoms with Gasteiger partial charge in [-0.3, -0.25) is 9.32 Å². The summed E-state index contributed by atoms with van der Waals surface area (Å²) in [5.74, 6) is -0.503. The van der Waals surface area contributed by atoms with E-state index in [0.29, 0.717) is 21.6 Å². The first-order valence-electron chi connectivity index (χ1n) is 7.45. The number of nitrogen functional groups attached to an aromatic ring is 1. The summed E-state index contributed by atoms with van der Waals surface area (Å²) in [6, 6.07) is 12.6. The van der Waals surface area contributed by atoms with Crippen molar-refractivity contribution in [3.05, 3.63) is 69.1 Å². The number of thiophene rings is 1. The third-order valence-electron chi connectivity index (χ3n) is 3.82. The molecule has 3 heterocycles. The Morgan fingerprint density at radius 3 is 2.76 bits per heavy atom. The number of pyridine rings is 1. The first kappa shape index (κ1) is 15.3. The van der Waals surface area contributed by atoms with Crippen molar-refractivity contribution in [2.45, 2.75) is 6.92 Å². The maximum atomic E-state index is 13.0. The standard InChI is InChI=1S/C17H12N4O3S/c1-9-7-8-11-12(18)15(25-16(11)19-9)14(22)13-17(23)24-20-21(13)10-5-3-2-4-6-10/h2-8H,1H3,(H2-,18,20,22,23)/p+1. The van der Waals surface area contributed by atoms with Gasteiger partial charge in [0.1, 0.15) is 9.71 Å². The second-order valence-corrected chi connectivity index (χ2v) is 6.48. The lowest BCUT2D eigenvalue weighted by Crippen LogP contribution is -2.41. The third kappa shape index (κ3) is 2.43. The number of benzene rings is 1. The van der Waals surface area contributed by atoms with Crippen LogP contribution < -0.4 is 16.0 Å². The highest BCUT2D eigenvalue weighted by Gasteiger charge is 2.34. The number of aromatic nitrogens is 3. The minimum atomic E-state index is -0.755. The van der Waals surface area contributed by atoms with Crippen LogP contribution in [0.3, 0.4) is 0 Å². The minimum absolute atomic E-state index is 0.138. The number of para-hydroxylation sites is 1. The highest BCUT2D eigenvalue weighted by Crippen LogP contribution is 2.33. The molecule has 25 heavy (non-hydrogen) atoms. The van der Waals surface area contributed by atoms with Gasteiger partial charge in [0.05, 0.1) is 5.69 Å². The van der Waals surface area contributed by atoms with E-state index in [0.717, 1.165) is 17.0 Å². The van der Waals surface area contributed by atoms with Crippen LogP contribution in [0.1, 0.15) is 21.1 Å². The van der Waals surface area contributed by atoms with Crippen molar-refractivity contribution in [3.8, 4) is 5.69 Å². The Kier molecular flexibility index (Phi) is 3.47. The summed E-state index contributed by atoms with van der Waals surface area (Å²) in [6.45, 7) is 1.86. The highest BCUT2D eigenvalue weighted by atomic mass is 32.1. The van der Waals surface area contributed by atoms with E-state index in [1.54, 1.807) is 24.3 Å². The number of H-pyrrole nitrogens is 1. The molecule has 4 rings (SSSR count). The molecule has 3 N–H and O–H groups in total. The zero-order chi connectivity index (χ0) is 17.6. The number of rotatable bonds is 3. The van der Waals surface area contributed by atoms with Gasteiger partial charge in [-0.05, 0) is 29.0 Å². The number of nitrogens with zero attached hydrogens (tertiary/aromatic N) is 2. The lowest BCUT2D eigenvalue weighted by molar-refractivity contribution is -0.672. The van der Waals surface area contributed by atoms with Crippen molar-refractivity contribution in [3.63, 3.8) is 0 Å². The number of nitrogens with two attached hydrogens (primary N) is 1. The van der Waals surface area contributed by atoms with E-state index in [-0.39, 0.29) is 10.6 Å². The number of nitrogens with one attached hydrogen (secondary N) is 1. The number of carbonyl (C=O) groups excluding carboxylic acids is 1. The number of aryl methyl sites for hydroxylation is 1. The average Bonchev–Trinajstić information content (AvgIpc) is 3.15. The molecule has 0 aliphatic rings. The van der Waals surface area contributed by atoms with Gasteiger partial charge >= 0.3 is 11.3 Å². The van der Waals surface area contributed by atoms with Crippen molar-refractivity contribution < 1.29 is 14.0 Å². The molecule has 7 nitrogen and oxygen atoms in total. The van der Waals surface area contributed by atoms with Crippen LogP contribution in [0, 0.1) is 6.92 Å². The van der Waals surface area contributed by atoms with E-state index in [4.69, 9.17) is 10.3 Å². The van der Waals surface area contributed by atoms with Gasteiger partial charge < -0.3 is 5.73 Å². The predicted octanol–water partition coefficient (Wildman–Crippen LogP) is 1.98. The Balaban J connectivity index is 1.90. The Morgan fingerprint density at radius 1 is 1.24 bits per heavy atom. The van der Waals surface area contributed by atoms with E-state index < -0.39 is 11.4 Å². The van der Waals surface area contributed by atoms with E-state index in [1.807, 2.05) is 25.1 Å². The molecule has 3 aromatic heterocycles. The molecule has 4 aromatic rings. The van der Waals surface area contributed by atoms with Crippen LogP contribution in [0.4, 0.5) is 5.69 Å². The van der Waals surface area contributed by atoms with E-state index in [2.05, 4.69) is 10.3 Å². The molecule has 0 unspecified atom stereocenters. The minimum Gasteiger partial charge on any atom is -0.397 e. The molecule has 8 heteroatoms. The van der Waals surface area contributed by atoms with Gasteiger partial charge in [-0.2, -0.15) is 0 Å². The van der Waals surface area contributed by atoms with Crippen molar-refractivity contribution in [2.75, 3.05) is 5.73 Å². The number of fused-ring (bicyclic) bond motifs is 1. The molecule has 0 radical (unpaired) electrons. The summed E-state index contributed by atoms with van der Waals surface area (Å²) in [5, 5.41) is 3.16. The zero-order valence-corrected chi connectivity index (χ0v) is 14.0. The maximum absolute atomic E-state index is 13.0. The Morgan fingerprint density at radius 2 is 2.00 bits per heavy atom. The fourth-order valence-electron chi connectivity index (χ4n) is 2.59. The van der Waals surface area contributed by atoms with Crippen LogP contribution >= 0.6 is 11.3 Å². The molecule has 1 aromatic carbocycles. The van der Waals surface area contributed by atoms with Crippen molar-refractivity contribution >= 4 is 33.0 Å². The highest BCUT2D eigenvalue weighted by molar-refractivity contribution is 7.21. The molecule has 0 fully saturated rings. The van der Waals surface area contributed by atoms with Gasteiger partial charge in [0, 0.05) is 23.2 Å². The fraction of sp³-hybridized carbons (Fsp3) is 0.0588. The maximum Gasteiger partial charge on any atom is 0.439 e.